The minimum absolute atomic E-state index is 0.0149. The van der Waals surface area contributed by atoms with Crippen LogP contribution in [-0.2, 0) is 6.54 Å². The van der Waals surface area contributed by atoms with Crippen LogP contribution < -0.4 is 0 Å². The van der Waals surface area contributed by atoms with Gasteiger partial charge in [0.05, 0.1) is 6.54 Å². The third-order valence-corrected chi connectivity index (χ3v) is 3.61. The smallest absolute Gasteiger partial charge is 0.254 e. The number of rotatable bonds is 3. The zero-order chi connectivity index (χ0) is 13.1. The van der Waals surface area contributed by atoms with Gasteiger partial charge in [-0.3, -0.25) is 4.79 Å². The first-order valence-electron chi connectivity index (χ1n) is 5.31. The Labute approximate surface area is 127 Å². The number of benzene rings is 1. The molecule has 0 fully saturated rings. The molecule has 0 aliphatic heterocycles. The van der Waals surface area contributed by atoms with Gasteiger partial charge < -0.3 is 9.32 Å². The van der Waals surface area contributed by atoms with E-state index in [1.54, 1.807) is 11.9 Å². The minimum atomic E-state index is -0.0149. The summed E-state index contributed by atoms with van der Waals surface area (Å²) in [5.41, 5.74) is 0.684. The molecule has 0 saturated carbocycles. The van der Waals surface area contributed by atoms with Crippen LogP contribution in [0.2, 0.25) is 0 Å². The van der Waals surface area contributed by atoms with Crippen molar-refractivity contribution in [2.24, 2.45) is 0 Å². The predicted molar refractivity (Wildman–Crippen MR) is 81.4 cm³/mol. The Balaban J connectivity index is 2.07. The van der Waals surface area contributed by atoms with E-state index in [1.807, 2.05) is 36.4 Å². The van der Waals surface area contributed by atoms with Gasteiger partial charge in [-0.05, 0) is 74.9 Å². The van der Waals surface area contributed by atoms with E-state index < -0.39 is 0 Å². The molecule has 94 valence electrons. The summed E-state index contributed by atoms with van der Waals surface area (Å²) in [7, 11) is 1.76. The molecule has 0 radical (unpaired) electrons. The quantitative estimate of drug-likeness (QED) is 0.706. The number of hydrogen-bond acceptors (Lipinski definition) is 2. The summed E-state index contributed by atoms with van der Waals surface area (Å²) in [5.74, 6) is 0.738. The molecule has 2 rings (SSSR count). The summed E-state index contributed by atoms with van der Waals surface area (Å²) < 4.78 is 7.17. The van der Waals surface area contributed by atoms with E-state index >= 15 is 0 Å². The lowest BCUT2D eigenvalue weighted by Gasteiger charge is -2.15. The molecule has 0 spiro atoms. The van der Waals surface area contributed by atoms with Crippen molar-refractivity contribution < 1.29 is 9.21 Å². The second-order valence-electron chi connectivity index (χ2n) is 3.87. The van der Waals surface area contributed by atoms with Gasteiger partial charge in [-0.1, -0.05) is 0 Å². The van der Waals surface area contributed by atoms with Crippen molar-refractivity contribution in [1.29, 1.82) is 0 Å². The highest BCUT2D eigenvalue weighted by Gasteiger charge is 2.13. The average Bonchev–Trinajstić information content (AvgIpc) is 2.75. The standard InChI is InChI=1S/C13H11BrINO2/c1-16(8-11-6-7-12(14)18-11)13(17)9-2-4-10(15)5-3-9/h2-7H,8H2,1H3. The van der Waals surface area contributed by atoms with Crippen LogP contribution in [0.4, 0.5) is 0 Å². The zero-order valence-corrected chi connectivity index (χ0v) is 13.4. The van der Waals surface area contributed by atoms with Crippen molar-refractivity contribution in [1.82, 2.24) is 4.90 Å². The maximum absolute atomic E-state index is 12.1. The third-order valence-electron chi connectivity index (χ3n) is 2.46. The van der Waals surface area contributed by atoms with Crippen molar-refractivity contribution >= 4 is 44.4 Å². The Hall–Kier alpha value is -0.820. The highest BCUT2D eigenvalue weighted by molar-refractivity contribution is 14.1. The molecule has 0 unspecified atom stereocenters. The number of amides is 1. The second-order valence-corrected chi connectivity index (χ2v) is 5.90. The van der Waals surface area contributed by atoms with Gasteiger partial charge in [0.15, 0.2) is 4.67 Å². The van der Waals surface area contributed by atoms with E-state index in [0.29, 0.717) is 16.8 Å². The average molecular weight is 420 g/mol. The van der Waals surface area contributed by atoms with Crippen molar-refractivity contribution in [3.05, 3.63) is 56.0 Å². The summed E-state index contributed by atoms with van der Waals surface area (Å²) in [6.45, 7) is 0.455. The highest BCUT2D eigenvalue weighted by atomic mass is 127. The summed E-state index contributed by atoms with van der Waals surface area (Å²) in [6.07, 6.45) is 0. The summed E-state index contributed by atoms with van der Waals surface area (Å²) in [6, 6.07) is 11.2. The molecule has 1 amide bonds. The molecule has 0 atom stereocenters. The molecule has 3 nitrogen and oxygen atoms in total. The highest BCUT2D eigenvalue weighted by Crippen LogP contribution is 2.16. The molecule has 18 heavy (non-hydrogen) atoms. The van der Waals surface area contributed by atoms with Crippen molar-refractivity contribution in [3.8, 4) is 0 Å². The Morgan fingerprint density at radius 3 is 2.50 bits per heavy atom. The molecular formula is C13H11BrINO2. The molecule has 0 saturated heterocycles. The van der Waals surface area contributed by atoms with Crippen LogP contribution in [0.25, 0.3) is 0 Å². The van der Waals surface area contributed by atoms with E-state index in [4.69, 9.17) is 4.42 Å². The SMILES string of the molecule is CN(Cc1ccc(Br)o1)C(=O)c1ccc(I)cc1. The largest absolute Gasteiger partial charge is 0.452 e. The van der Waals surface area contributed by atoms with Crippen LogP contribution in [-0.4, -0.2) is 17.9 Å². The Bertz CT molecular complexity index is 550. The van der Waals surface area contributed by atoms with E-state index in [2.05, 4.69) is 38.5 Å². The molecule has 0 N–H and O–H groups in total. The second kappa shape index (κ2) is 5.88. The number of nitrogens with zero attached hydrogens (tertiary/aromatic N) is 1. The van der Waals surface area contributed by atoms with Crippen LogP contribution in [0, 0.1) is 3.57 Å². The van der Waals surface area contributed by atoms with Gasteiger partial charge >= 0.3 is 0 Å². The topological polar surface area (TPSA) is 33.5 Å². The molecule has 5 heteroatoms. The number of carbonyl (C=O) groups excluding carboxylic acids is 1. The van der Waals surface area contributed by atoms with E-state index in [0.717, 1.165) is 9.33 Å². The predicted octanol–water partition coefficient (Wildman–Crippen LogP) is 3.92. The minimum Gasteiger partial charge on any atom is -0.452 e. The van der Waals surface area contributed by atoms with Crippen molar-refractivity contribution in [2.45, 2.75) is 6.54 Å². The summed E-state index contributed by atoms with van der Waals surface area (Å²) in [4.78, 5) is 13.8. The summed E-state index contributed by atoms with van der Waals surface area (Å²) >= 11 is 5.45. The third kappa shape index (κ3) is 3.35. The van der Waals surface area contributed by atoms with E-state index in [9.17, 15) is 4.79 Å². The molecule has 0 bridgehead atoms. The maximum Gasteiger partial charge on any atom is 0.254 e. The fraction of sp³-hybridized carbons (Fsp3) is 0.154. The van der Waals surface area contributed by atoms with Crippen LogP contribution >= 0.6 is 38.5 Å². The number of furan rings is 1. The van der Waals surface area contributed by atoms with Gasteiger partial charge in [-0.15, -0.1) is 0 Å². The Morgan fingerprint density at radius 1 is 1.28 bits per heavy atom. The zero-order valence-electron chi connectivity index (χ0n) is 9.69. The Kier molecular flexibility index (Phi) is 4.45. The van der Waals surface area contributed by atoms with E-state index in [1.165, 1.54) is 0 Å². The van der Waals surface area contributed by atoms with Crippen LogP contribution in [0.3, 0.4) is 0 Å². The van der Waals surface area contributed by atoms with Crippen LogP contribution in [0.15, 0.2) is 45.5 Å². The molecule has 0 aliphatic carbocycles. The first-order chi connectivity index (χ1) is 8.56. The first-order valence-corrected chi connectivity index (χ1v) is 7.18. The molecule has 1 heterocycles. The molecule has 0 aliphatic rings. The molecule has 1 aromatic heterocycles. The first kappa shape index (κ1) is 13.6. The van der Waals surface area contributed by atoms with Gasteiger partial charge in [0, 0.05) is 16.2 Å². The lowest BCUT2D eigenvalue weighted by Crippen LogP contribution is -2.25. The van der Waals surface area contributed by atoms with Gasteiger partial charge in [0.1, 0.15) is 5.76 Å². The van der Waals surface area contributed by atoms with Crippen LogP contribution in [0.5, 0.6) is 0 Å². The lowest BCUT2D eigenvalue weighted by molar-refractivity contribution is 0.0775. The lowest BCUT2D eigenvalue weighted by atomic mass is 10.2. The van der Waals surface area contributed by atoms with Crippen molar-refractivity contribution in [3.63, 3.8) is 0 Å². The van der Waals surface area contributed by atoms with Gasteiger partial charge in [0.2, 0.25) is 0 Å². The monoisotopic (exact) mass is 419 g/mol. The van der Waals surface area contributed by atoms with Gasteiger partial charge in [-0.2, -0.15) is 0 Å². The molecule has 1 aromatic carbocycles. The van der Waals surface area contributed by atoms with E-state index in [-0.39, 0.29) is 5.91 Å². The maximum atomic E-state index is 12.1. The fourth-order valence-electron chi connectivity index (χ4n) is 1.56. The normalized spacial score (nSPS) is 10.4. The van der Waals surface area contributed by atoms with Gasteiger partial charge in [-0.25, -0.2) is 0 Å². The summed E-state index contributed by atoms with van der Waals surface area (Å²) in [5, 5.41) is 0. The number of hydrogen-bond donors (Lipinski definition) is 0. The van der Waals surface area contributed by atoms with Gasteiger partial charge in [0.25, 0.3) is 5.91 Å². The Morgan fingerprint density at radius 2 is 1.94 bits per heavy atom. The van der Waals surface area contributed by atoms with Crippen molar-refractivity contribution in [2.75, 3.05) is 7.05 Å². The fourth-order valence-corrected chi connectivity index (χ4v) is 2.25. The number of halogens is 2. The molecular weight excluding hydrogens is 409 g/mol. The molecule has 2 aromatic rings. The van der Waals surface area contributed by atoms with Crippen LogP contribution in [0.1, 0.15) is 16.1 Å². The number of carbonyl (C=O) groups is 1.